The molecule has 4 aromatic rings. The minimum atomic E-state index is -0.745. The van der Waals surface area contributed by atoms with Gasteiger partial charge in [0.05, 0.1) is 24.5 Å². The number of aromatic nitrogens is 5. The van der Waals surface area contributed by atoms with Gasteiger partial charge >= 0.3 is 0 Å². The number of ether oxygens (including phenoxy) is 3. The first-order chi connectivity index (χ1) is 18.0. The van der Waals surface area contributed by atoms with Gasteiger partial charge in [-0.15, -0.1) is 10.2 Å². The summed E-state index contributed by atoms with van der Waals surface area (Å²) in [5, 5.41) is 10.7. The van der Waals surface area contributed by atoms with E-state index in [1.807, 2.05) is 36.6 Å². The Labute approximate surface area is 212 Å². The van der Waals surface area contributed by atoms with Gasteiger partial charge in [0.1, 0.15) is 30.3 Å². The van der Waals surface area contributed by atoms with Crippen LogP contribution < -0.4 is 14.8 Å². The number of carbonyl (C=O) groups is 1. The molecule has 1 amide bonds. The molecule has 0 aliphatic carbocycles. The molecule has 1 atom stereocenters. The molecule has 1 aliphatic rings. The van der Waals surface area contributed by atoms with E-state index < -0.39 is 17.8 Å². The Kier molecular flexibility index (Phi) is 7.04. The van der Waals surface area contributed by atoms with E-state index in [0.717, 1.165) is 11.8 Å². The van der Waals surface area contributed by atoms with Crippen molar-refractivity contribution in [2.75, 3.05) is 18.5 Å². The van der Waals surface area contributed by atoms with Crippen molar-refractivity contribution < 1.29 is 23.4 Å². The first kappa shape index (κ1) is 24.3. The molecule has 1 N–H and O–H groups in total. The van der Waals surface area contributed by atoms with E-state index >= 15 is 0 Å². The first-order valence-corrected chi connectivity index (χ1v) is 11.8. The Morgan fingerprint density at radius 1 is 1.22 bits per heavy atom. The minimum Gasteiger partial charge on any atom is -0.486 e. The van der Waals surface area contributed by atoms with Gasteiger partial charge in [0.25, 0.3) is 5.91 Å². The number of amides is 1. The van der Waals surface area contributed by atoms with E-state index in [1.165, 1.54) is 6.07 Å². The Morgan fingerprint density at radius 2 is 2.11 bits per heavy atom. The van der Waals surface area contributed by atoms with Gasteiger partial charge in [-0.2, -0.15) is 0 Å². The standard InChI is InChI=1S/C26H25FN6O4/c1-16(2)33-15-29-32-25(33)21-7-5-8-24(30-21)31-26(34)19-10-22-23(11-20(19)27)37-18(14-36-22)13-35-12-17-6-3-4-9-28-17/h3-11,15-16,18H,12-14H2,1-2H3,(H,30,31,34). The number of halogens is 1. The summed E-state index contributed by atoms with van der Waals surface area (Å²) in [6.07, 6.45) is 2.89. The molecule has 0 radical (unpaired) electrons. The van der Waals surface area contributed by atoms with E-state index in [1.54, 1.807) is 30.7 Å². The fourth-order valence-corrected chi connectivity index (χ4v) is 3.79. The monoisotopic (exact) mass is 504 g/mol. The average Bonchev–Trinajstić information content (AvgIpc) is 3.40. The van der Waals surface area contributed by atoms with Crippen molar-refractivity contribution >= 4 is 11.7 Å². The topological polar surface area (TPSA) is 113 Å². The van der Waals surface area contributed by atoms with Crippen molar-refractivity contribution in [3.63, 3.8) is 0 Å². The highest BCUT2D eigenvalue weighted by Gasteiger charge is 2.25. The van der Waals surface area contributed by atoms with Crippen molar-refractivity contribution in [1.29, 1.82) is 0 Å². The zero-order chi connectivity index (χ0) is 25.8. The van der Waals surface area contributed by atoms with Gasteiger partial charge in [-0.05, 0) is 44.2 Å². The molecule has 3 aromatic heterocycles. The molecule has 37 heavy (non-hydrogen) atoms. The summed E-state index contributed by atoms with van der Waals surface area (Å²) >= 11 is 0. The van der Waals surface area contributed by atoms with Crippen molar-refractivity contribution in [3.05, 3.63) is 78.1 Å². The van der Waals surface area contributed by atoms with Crippen LogP contribution in [0.4, 0.5) is 10.2 Å². The summed E-state index contributed by atoms with van der Waals surface area (Å²) in [6, 6.07) is 13.3. The summed E-state index contributed by atoms with van der Waals surface area (Å²) < 4.78 is 34.0. The van der Waals surface area contributed by atoms with Crippen LogP contribution in [-0.4, -0.2) is 50.0 Å². The van der Waals surface area contributed by atoms with Crippen molar-refractivity contribution in [1.82, 2.24) is 24.7 Å². The highest BCUT2D eigenvalue weighted by atomic mass is 19.1. The van der Waals surface area contributed by atoms with Gasteiger partial charge in [0, 0.05) is 18.3 Å². The number of nitrogens with zero attached hydrogens (tertiary/aromatic N) is 5. The highest BCUT2D eigenvalue weighted by Crippen LogP contribution is 2.34. The molecule has 0 saturated heterocycles. The Morgan fingerprint density at radius 3 is 2.92 bits per heavy atom. The maximum Gasteiger partial charge on any atom is 0.259 e. The molecule has 1 aliphatic heterocycles. The van der Waals surface area contributed by atoms with Gasteiger partial charge in [0.2, 0.25) is 0 Å². The minimum absolute atomic E-state index is 0.129. The lowest BCUT2D eigenvalue weighted by Gasteiger charge is -2.26. The highest BCUT2D eigenvalue weighted by molar-refractivity contribution is 6.04. The quantitative estimate of drug-likeness (QED) is 0.382. The number of nitrogens with one attached hydrogen (secondary N) is 1. The van der Waals surface area contributed by atoms with Crippen molar-refractivity contribution in [3.8, 4) is 23.0 Å². The van der Waals surface area contributed by atoms with E-state index in [9.17, 15) is 9.18 Å². The number of rotatable bonds is 8. The van der Waals surface area contributed by atoms with Crippen LogP contribution in [0.3, 0.4) is 0 Å². The lowest BCUT2D eigenvalue weighted by atomic mass is 10.1. The van der Waals surface area contributed by atoms with Crippen LogP contribution in [0.2, 0.25) is 0 Å². The van der Waals surface area contributed by atoms with Crippen molar-refractivity contribution in [2.24, 2.45) is 0 Å². The number of anilines is 1. The zero-order valence-electron chi connectivity index (χ0n) is 20.3. The number of hydrogen-bond donors (Lipinski definition) is 1. The van der Waals surface area contributed by atoms with Crippen LogP contribution in [0, 0.1) is 5.82 Å². The van der Waals surface area contributed by atoms with Gasteiger partial charge < -0.3 is 24.1 Å². The molecule has 1 unspecified atom stereocenters. The summed E-state index contributed by atoms with van der Waals surface area (Å²) in [7, 11) is 0. The van der Waals surface area contributed by atoms with Crippen LogP contribution in [0.1, 0.15) is 35.9 Å². The lowest BCUT2D eigenvalue weighted by Crippen LogP contribution is -2.33. The number of benzene rings is 1. The number of fused-ring (bicyclic) bond motifs is 1. The predicted octanol–water partition coefficient (Wildman–Crippen LogP) is 4.06. The molecule has 10 nitrogen and oxygen atoms in total. The van der Waals surface area contributed by atoms with Gasteiger partial charge in [0.15, 0.2) is 23.4 Å². The van der Waals surface area contributed by atoms with Crippen LogP contribution in [0.25, 0.3) is 11.5 Å². The predicted molar refractivity (Wildman–Crippen MR) is 132 cm³/mol. The summed E-state index contributed by atoms with van der Waals surface area (Å²) in [5.41, 5.74) is 1.14. The molecular formula is C26H25FN6O4. The Bertz CT molecular complexity index is 1400. The third-order valence-electron chi connectivity index (χ3n) is 5.63. The molecule has 4 heterocycles. The van der Waals surface area contributed by atoms with Crippen molar-refractivity contribution in [2.45, 2.75) is 32.6 Å². The fourth-order valence-electron chi connectivity index (χ4n) is 3.79. The molecule has 0 bridgehead atoms. The summed E-state index contributed by atoms with van der Waals surface area (Å²) in [6.45, 7) is 4.77. The molecular weight excluding hydrogens is 479 g/mol. The largest absolute Gasteiger partial charge is 0.486 e. The van der Waals surface area contributed by atoms with Gasteiger partial charge in [-0.3, -0.25) is 9.78 Å². The maximum atomic E-state index is 14.9. The van der Waals surface area contributed by atoms with Crippen LogP contribution in [-0.2, 0) is 11.3 Å². The lowest BCUT2D eigenvalue weighted by molar-refractivity contribution is 0.00163. The fraction of sp³-hybridized carbons (Fsp3) is 0.269. The van der Waals surface area contributed by atoms with E-state index in [4.69, 9.17) is 14.2 Å². The second kappa shape index (κ2) is 10.7. The number of hydrogen-bond acceptors (Lipinski definition) is 8. The zero-order valence-corrected chi connectivity index (χ0v) is 20.3. The van der Waals surface area contributed by atoms with Gasteiger partial charge in [-0.25, -0.2) is 9.37 Å². The van der Waals surface area contributed by atoms with Crippen LogP contribution in [0.5, 0.6) is 11.5 Å². The van der Waals surface area contributed by atoms with E-state index in [-0.39, 0.29) is 42.1 Å². The molecule has 5 rings (SSSR count). The molecule has 0 spiro atoms. The Hall–Kier alpha value is -4.38. The second-order valence-corrected chi connectivity index (χ2v) is 8.68. The van der Waals surface area contributed by atoms with E-state index in [0.29, 0.717) is 18.1 Å². The molecule has 0 fully saturated rings. The summed E-state index contributed by atoms with van der Waals surface area (Å²) in [5.74, 6) is -0.111. The maximum absolute atomic E-state index is 14.9. The summed E-state index contributed by atoms with van der Waals surface area (Å²) in [4.78, 5) is 21.5. The van der Waals surface area contributed by atoms with Gasteiger partial charge in [-0.1, -0.05) is 12.1 Å². The SMILES string of the molecule is CC(C)n1cnnc1-c1cccc(NC(=O)c2cc3c(cc2F)OC(COCc2ccccn2)CO3)n1. The first-order valence-electron chi connectivity index (χ1n) is 11.8. The average molecular weight is 505 g/mol. The number of pyridine rings is 2. The molecule has 0 saturated carbocycles. The smallest absolute Gasteiger partial charge is 0.259 e. The normalized spacial score (nSPS) is 14.5. The molecule has 1 aromatic carbocycles. The third-order valence-corrected chi connectivity index (χ3v) is 5.63. The van der Waals surface area contributed by atoms with E-state index in [2.05, 4.69) is 25.5 Å². The molecule has 11 heteroatoms. The third kappa shape index (κ3) is 5.56. The van der Waals surface area contributed by atoms with Crippen LogP contribution in [0.15, 0.2) is 61.1 Å². The number of carbonyl (C=O) groups excluding carboxylic acids is 1. The van der Waals surface area contributed by atoms with Crippen LogP contribution >= 0.6 is 0 Å². The second-order valence-electron chi connectivity index (χ2n) is 8.68. The Balaban J connectivity index is 1.24. The molecule has 190 valence electrons.